The van der Waals surface area contributed by atoms with E-state index in [4.69, 9.17) is 5.73 Å². The van der Waals surface area contributed by atoms with Crippen LogP contribution in [0.4, 0.5) is 14.5 Å². The molecule has 0 radical (unpaired) electrons. The van der Waals surface area contributed by atoms with Gasteiger partial charge in [0.25, 0.3) is 0 Å². The van der Waals surface area contributed by atoms with E-state index in [1.54, 1.807) is 6.07 Å². The minimum Gasteiger partial charge on any atom is -0.398 e. The number of nitrogens with two attached hydrogens (primary N) is 1. The Balaban J connectivity index is 2.26. The van der Waals surface area contributed by atoms with Crippen molar-refractivity contribution >= 4 is 16.7 Å². The van der Waals surface area contributed by atoms with E-state index in [0.717, 1.165) is 11.6 Å². The largest absolute Gasteiger partial charge is 0.398 e. The van der Waals surface area contributed by atoms with Crippen molar-refractivity contribution in [3.05, 3.63) is 47.5 Å². The van der Waals surface area contributed by atoms with Crippen molar-refractivity contribution in [3.63, 3.8) is 0 Å². The van der Waals surface area contributed by atoms with Gasteiger partial charge in [0.1, 0.15) is 17.2 Å². The molecule has 3 aromatic rings. The summed E-state index contributed by atoms with van der Waals surface area (Å²) in [6, 6.07) is 7.51. The Morgan fingerprint density at radius 3 is 2.74 bits per heavy atom. The fraction of sp³-hybridized carbons (Fsp3) is 0.0714. The van der Waals surface area contributed by atoms with E-state index < -0.39 is 11.6 Å². The fourth-order valence-corrected chi connectivity index (χ4v) is 2.04. The summed E-state index contributed by atoms with van der Waals surface area (Å²) in [5.74, 6) is -0.901. The highest BCUT2D eigenvalue weighted by atomic mass is 19.1. The van der Waals surface area contributed by atoms with Gasteiger partial charge in [0, 0.05) is 17.3 Å². The second kappa shape index (κ2) is 4.05. The van der Waals surface area contributed by atoms with Crippen LogP contribution in [0.25, 0.3) is 22.4 Å². The number of nitrogen functional groups attached to an aromatic ring is 1. The minimum atomic E-state index is -0.691. The Labute approximate surface area is 108 Å². The van der Waals surface area contributed by atoms with Gasteiger partial charge in [-0.05, 0) is 25.1 Å². The van der Waals surface area contributed by atoms with E-state index in [9.17, 15) is 8.78 Å². The molecule has 0 unspecified atom stereocenters. The van der Waals surface area contributed by atoms with E-state index in [2.05, 4.69) is 9.97 Å². The van der Waals surface area contributed by atoms with Gasteiger partial charge in [-0.3, -0.25) is 0 Å². The minimum absolute atomic E-state index is 0.109. The van der Waals surface area contributed by atoms with Crippen molar-refractivity contribution < 1.29 is 8.78 Å². The molecule has 0 aliphatic carbocycles. The zero-order chi connectivity index (χ0) is 13.6. The first-order valence-corrected chi connectivity index (χ1v) is 5.76. The maximum absolute atomic E-state index is 13.6. The first kappa shape index (κ1) is 11.6. The number of halogens is 2. The Hall–Kier alpha value is -2.43. The van der Waals surface area contributed by atoms with Crippen molar-refractivity contribution in [2.75, 3.05) is 5.73 Å². The van der Waals surface area contributed by atoms with E-state index in [-0.39, 0.29) is 5.52 Å². The third kappa shape index (κ3) is 1.93. The molecule has 0 atom stereocenters. The number of H-pyrrole nitrogens is 1. The molecule has 3 N–H and O–H groups in total. The summed E-state index contributed by atoms with van der Waals surface area (Å²) < 4.78 is 26.7. The smallest absolute Gasteiger partial charge is 0.153 e. The van der Waals surface area contributed by atoms with Crippen LogP contribution >= 0.6 is 0 Å². The molecule has 0 spiro atoms. The van der Waals surface area contributed by atoms with Crippen LogP contribution in [0, 0.1) is 18.6 Å². The second-order valence-corrected chi connectivity index (χ2v) is 4.46. The lowest BCUT2D eigenvalue weighted by Gasteiger charge is -2.03. The molecular formula is C14H11F2N3. The lowest BCUT2D eigenvalue weighted by Crippen LogP contribution is -1.91. The third-order valence-electron chi connectivity index (χ3n) is 2.97. The van der Waals surface area contributed by atoms with Crippen LogP contribution in [-0.2, 0) is 0 Å². The molecule has 0 amide bonds. The molecule has 0 fully saturated rings. The summed E-state index contributed by atoms with van der Waals surface area (Å²) in [7, 11) is 0. The summed E-state index contributed by atoms with van der Waals surface area (Å²) in [6.45, 7) is 1.92. The Morgan fingerprint density at radius 2 is 1.95 bits per heavy atom. The van der Waals surface area contributed by atoms with E-state index in [0.29, 0.717) is 22.6 Å². The molecule has 0 aliphatic heterocycles. The Bertz CT molecular complexity index is 778. The van der Waals surface area contributed by atoms with E-state index in [1.165, 1.54) is 6.07 Å². The zero-order valence-corrected chi connectivity index (χ0v) is 10.2. The predicted octanol–water partition coefficient (Wildman–Crippen LogP) is 3.40. The highest BCUT2D eigenvalue weighted by Gasteiger charge is 2.12. The normalized spacial score (nSPS) is 11.1. The number of benzene rings is 2. The maximum Gasteiger partial charge on any atom is 0.153 e. The number of aromatic nitrogens is 2. The first-order valence-electron chi connectivity index (χ1n) is 5.76. The van der Waals surface area contributed by atoms with Gasteiger partial charge in [-0.1, -0.05) is 11.6 Å². The van der Waals surface area contributed by atoms with Crippen molar-refractivity contribution in [1.29, 1.82) is 0 Å². The molecule has 1 heterocycles. The summed E-state index contributed by atoms with van der Waals surface area (Å²) in [5.41, 5.74) is 8.53. The molecule has 0 aliphatic rings. The number of nitrogens with one attached hydrogen (secondary N) is 1. The Morgan fingerprint density at radius 1 is 1.16 bits per heavy atom. The third-order valence-corrected chi connectivity index (χ3v) is 2.97. The average molecular weight is 259 g/mol. The van der Waals surface area contributed by atoms with Crippen LogP contribution in [0.3, 0.4) is 0 Å². The second-order valence-electron chi connectivity index (χ2n) is 4.46. The molecule has 3 rings (SSSR count). The summed E-state index contributed by atoms with van der Waals surface area (Å²) in [4.78, 5) is 7.04. The van der Waals surface area contributed by atoms with Gasteiger partial charge < -0.3 is 10.7 Å². The highest BCUT2D eigenvalue weighted by molar-refractivity contribution is 5.83. The highest BCUT2D eigenvalue weighted by Crippen LogP contribution is 2.27. The molecule has 0 saturated heterocycles. The number of anilines is 1. The van der Waals surface area contributed by atoms with Crippen LogP contribution in [0.1, 0.15) is 5.56 Å². The van der Waals surface area contributed by atoms with Crippen molar-refractivity contribution in [2.45, 2.75) is 6.92 Å². The van der Waals surface area contributed by atoms with E-state index in [1.807, 2.05) is 19.1 Å². The molecule has 5 heteroatoms. The van der Waals surface area contributed by atoms with Gasteiger partial charge in [-0.25, -0.2) is 13.8 Å². The van der Waals surface area contributed by atoms with Crippen molar-refractivity contribution in [3.8, 4) is 11.4 Å². The quantitative estimate of drug-likeness (QED) is 0.658. The average Bonchev–Trinajstić information content (AvgIpc) is 2.76. The molecule has 1 aromatic heterocycles. The predicted molar refractivity (Wildman–Crippen MR) is 70.6 cm³/mol. The number of imidazole rings is 1. The zero-order valence-electron chi connectivity index (χ0n) is 10.2. The summed E-state index contributed by atoms with van der Waals surface area (Å²) >= 11 is 0. The lowest BCUT2D eigenvalue weighted by atomic mass is 10.1. The number of hydrogen-bond acceptors (Lipinski definition) is 2. The SMILES string of the molecule is Cc1ccc(N)c(-c2nc3c(F)cc(F)cc3[nH]2)c1. The van der Waals surface area contributed by atoms with Gasteiger partial charge >= 0.3 is 0 Å². The maximum atomic E-state index is 13.6. The Kier molecular flexibility index (Phi) is 2.48. The number of aryl methyl sites for hydroxylation is 1. The van der Waals surface area contributed by atoms with Gasteiger partial charge in [0.05, 0.1) is 5.52 Å². The number of aromatic amines is 1. The van der Waals surface area contributed by atoms with Crippen molar-refractivity contribution in [2.24, 2.45) is 0 Å². The van der Waals surface area contributed by atoms with Gasteiger partial charge in [-0.2, -0.15) is 0 Å². The van der Waals surface area contributed by atoms with Crippen LogP contribution < -0.4 is 5.73 Å². The molecule has 0 saturated carbocycles. The lowest BCUT2D eigenvalue weighted by molar-refractivity contribution is 0.591. The van der Waals surface area contributed by atoms with Crippen LogP contribution in [0.2, 0.25) is 0 Å². The molecule has 3 nitrogen and oxygen atoms in total. The van der Waals surface area contributed by atoms with Crippen LogP contribution in [0.5, 0.6) is 0 Å². The molecule has 19 heavy (non-hydrogen) atoms. The number of hydrogen-bond donors (Lipinski definition) is 2. The van der Waals surface area contributed by atoms with Crippen molar-refractivity contribution in [1.82, 2.24) is 9.97 Å². The number of fused-ring (bicyclic) bond motifs is 1. The molecule has 96 valence electrons. The van der Waals surface area contributed by atoms with Crippen LogP contribution in [-0.4, -0.2) is 9.97 Å². The first-order chi connectivity index (χ1) is 9.04. The summed E-state index contributed by atoms with van der Waals surface area (Å²) in [5, 5.41) is 0. The van der Waals surface area contributed by atoms with Gasteiger partial charge in [-0.15, -0.1) is 0 Å². The fourth-order valence-electron chi connectivity index (χ4n) is 2.04. The van der Waals surface area contributed by atoms with Gasteiger partial charge in [0.2, 0.25) is 0 Å². The topological polar surface area (TPSA) is 54.7 Å². The molecule has 2 aromatic carbocycles. The number of rotatable bonds is 1. The monoisotopic (exact) mass is 259 g/mol. The molecular weight excluding hydrogens is 248 g/mol. The van der Waals surface area contributed by atoms with Gasteiger partial charge in [0.15, 0.2) is 5.82 Å². The molecule has 0 bridgehead atoms. The van der Waals surface area contributed by atoms with Crippen LogP contribution in [0.15, 0.2) is 30.3 Å². The standard InChI is InChI=1S/C14H11F2N3/c1-7-2-3-11(17)9(4-7)14-18-12-6-8(15)5-10(16)13(12)19-14/h2-6H,17H2,1H3,(H,18,19). The number of nitrogens with zero attached hydrogens (tertiary/aromatic N) is 1. The van der Waals surface area contributed by atoms with E-state index >= 15 is 0 Å². The summed E-state index contributed by atoms with van der Waals surface area (Å²) in [6.07, 6.45) is 0.